The van der Waals surface area contributed by atoms with Gasteiger partial charge in [-0.05, 0) is 43.2 Å². The van der Waals surface area contributed by atoms with Gasteiger partial charge in [-0.3, -0.25) is 9.59 Å². The van der Waals surface area contributed by atoms with E-state index < -0.39 is 21.8 Å². The van der Waals surface area contributed by atoms with Gasteiger partial charge in [-0.15, -0.1) is 0 Å². The van der Waals surface area contributed by atoms with Gasteiger partial charge in [-0.25, -0.2) is 18.0 Å². The Morgan fingerprint density at radius 1 is 0.917 bits per heavy atom. The summed E-state index contributed by atoms with van der Waals surface area (Å²) in [6.07, 6.45) is 1.66. The lowest BCUT2D eigenvalue weighted by Gasteiger charge is -2.15. The number of imide groups is 1. The van der Waals surface area contributed by atoms with Gasteiger partial charge in [0.05, 0.1) is 21.7 Å². The van der Waals surface area contributed by atoms with Gasteiger partial charge in [-0.2, -0.15) is 0 Å². The van der Waals surface area contributed by atoms with Crippen molar-refractivity contribution in [3.63, 3.8) is 0 Å². The number of nitrogens with zero attached hydrogens (tertiary/aromatic N) is 1. The highest BCUT2D eigenvalue weighted by atomic mass is 32.2. The van der Waals surface area contributed by atoms with E-state index in [9.17, 15) is 18.0 Å². The minimum absolute atomic E-state index is 0.0158. The van der Waals surface area contributed by atoms with Gasteiger partial charge in [0.15, 0.2) is 0 Å². The molecule has 1 N–H and O–H groups in total. The smallest absolute Gasteiger partial charge is 0.266 e. The lowest BCUT2D eigenvalue weighted by Crippen LogP contribution is -2.30. The molecule has 2 aliphatic rings. The molecule has 1 heterocycles. The average Bonchev–Trinajstić information content (AvgIpc) is 3.34. The molecule has 2 aromatic carbocycles. The van der Waals surface area contributed by atoms with Gasteiger partial charge in [0.2, 0.25) is 10.0 Å². The zero-order chi connectivity index (χ0) is 16.9. The summed E-state index contributed by atoms with van der Waals surface area (Å²) in [4.78, 5) is 26.1. The summed E-state index contributed by atoms with van der Waals surface area (Å²) >= 11 is 0. The second-order valence-corrected chi connectivity index (χ2v) is 7.60. The van der Waals surface area contributed by atoms with Crippen LogP contribution >= 0.6 is 0 Å². The van der Waals surface area contributed by atoms with E-state index in [-0.39, 0.29) is 16.6 Å². The second kappa shape index (κ2) is 5.25. The van der Waals surface area contributed by atoms with Crippen LogP contribution in [0.3, 0.4) is 0 Å². The van der Waals surface area contributed by atoms with Crippen LogP contribution in [-0.2, 0) is 10.0 Å². The molecule has 0 unspecified atom stereocenters. The fourth-order valence-corrected chi connectivity index (χ4v) is 4.05. The van der Waals surface area contributed by atoms with E-state index in [2.05, 4.69) is 4.72 Å². The number of rotatable bonds is 4. The lowest BCUT2D eigenvalue weighted by atomic mass is 10.1. The molecular formula is C17H14N2O4S. The van der Waals surface area contributed by atoms with Crippen LogP contribution < -0.4 is 9.62 Å². The molecule has 0 spiro atoms. The summed E-state index contributed by atoms with van der Waals surface area (Å²) in [7, 11) is -3.65. The first-order chi connectivity index (χ1) is 11.5. The van der Waals surface area contributed by atoms with Crippen LogP contribution in [0.4, 0.5) is 5.69 Å². The third-order valence-electron chi connectivity index (χ3n) is 4.08. The van der Waals surface area contributed by atoms with Crippen molar-refractivity contribution in [2.24, 2.45) is 0 Å². The number of amides is 2. The Kier molecular flexibility index (Phi) is 3.29. The Morgan fingerprint density at radius 3 is 2.12 bits per heavy atom. The highest BCUT2D eigenvalue weighted by molar-refractivity contribution is 7.89. The predicted molar refractivity (Wildman–Crippen MR) is 87.4 cm³/mol. The van der Waals surface area contributed by atoms with Crippen molar-refractivity contribution in [2.75, 3.05) is 4.90 Å². The second-order valence-electron chi connectivity index (χ2n) is 5.88. The number of fused-ring (bicyclic) bond motifs is 1. The SMILES string of the molecule is O=C1c2ccccc2C(=O)N1c1cccc(S(=O)(=O)NC2CC2)c1. The van der Waals surface area contributed by atoms with Crippen molar-refractivity contribution >= 4 is 27.5 Å². The molecule has 24 heavy (non-hydrogen) atoms. The van der Waals surface area contributed by atoms with Crippen LogP contribution in [0, 0.1) is 0 Å². The number of nitrogens with one attached hydrogen (secondary N) is 1. The van der Waals surface area contributed by atoms with Crippen LogP contribution in [0.1, 0.15) is 33.6 Å². The van der Waals surface area contributed by atoms with Crippen molar-refractivity contribution in [3.05, 3.63) is 59.7 Å². The van der Waals surface area contributed by atoms with Crippen molar-refractivity contribution in [2.45, 2.75) is 23.8 Å². The first-order valence-corrected chi connectivity index (χ1v) is 9.06. The molecule has 7 heteroatoms. The Morgan fingerprint density at radius 2 is 1.54 bits per heavy atom. The standard InChI is InChI=1S/C17H14N2O4S/c20-16-14-6-1-2-7-15(14)17(21)19(16)12-4-3-5-13(10-12)24(22,23)18-11-8-9-11/h1-7,10-11,18H,8-9H2. The van der Waals surface area contributed by atoms with E-state index in [1.54, 1.807) is 30.3 Å². The minimum atomic E-state index is -3.65. The Hall–Kier alpha value is -2.51. The first-order valence-electron chi connectivity index (χ1n) is 7.57. The summed E-state index contributed by atoms with van der Waals surface area (Å²) in [5, 5.41) is 0. The van der Waals surface area contributed by atoms with Crippen LogP contribution in [0.25, 0.3) is 0 Å². The summed E-state index contributed by atoms with van der Waals surface area (Å²) in [5.41, 5.74) is 0.901. The summed E-state index contributed by atoms with van der Waals surface area (Å²) in [6, 6.07) is 12.4. The number of sulfonamides is 1. The monoisotopic (exact) mass is 342 g/mol. The zero-order valence-electron chi connectivity index (χ0n) is 12.6. The van der Waals surface area contributed by atoms with Crippen molar-refractivity contribution in [1.29, 1.82) is 0 Å². The van der Waals surface area contributed by atoms with Crippen LogP contribution in [0.15, 0.2) is 53.4 Å². The molecule has 122 valence electrons. The Balaban J connectivity index is 1.72. The van der Waals surface area contributed by atoms with Gasteiger partial charge >= 0.3 is 0 Å². The minimum Gasteiger partial charge on any atom is -0.268 e. The van der Waals surface area contributed by atoms with Crippen LogP contribution in [0.2, 0.25) is 0 Å². The molecule has 1 saturated carbocycles. The topological polar surface area (TPSA) is 83.6 Å². The third kappa shape index (κ3) is 2.42. The normalized spacial score (nSPS) is 17.2. The molecule has 0 bridgehead atoms. The maximum atomic E-state index is 12.5. The maximum Gasteiger partial charge on any atom is 0.266 e. The van der Waals surface area contributed by atoms with E-state index in [4.69, 9.17) is 0 Å². The molecule has 1 fully saturated rings. The van der Waals surface area contributed by atoms with Gasteiger partial charge < -0.3 is 0 Å². The molecule has 4 rings (SSSR count). The number of carbonyl (C=O) groups excluding carboxylic acids is 2. The molecule has 2 amide bonds. The van der Waals surface area contributed by atoms with E-state index in [1.165, 1.54) is 18.2 Å². The number of hydrogen-bond donors (Lipinski definition) is 1. The number of anilines is 1. The fraction of sp³-hybridized carbons (Fsp3) is 0.176. The number of carbonyl (C=O) groups is 2. The molecule has 0 atom stereocenters. The van der Waals surface area contributed by atoms with Crippen LogP contribution in [0.5, 0.6) is 0 Å². The van der Waals surface area contributed by atoms with Gasteiger partial charge in [0, 0.05) is 6.04 Å². The molecule has 0 radical (unpaired) electrons. The molecule has 2 aromatic rings. The molecular weight excluding hydrogens is 328 g/mol. The Labute approximate surface area is 139 Å². The van der Waals surface area contributed by atoms with E-state index in [1.807, 2.05) is 0 Å². The number of benzene rings is 2. The molecule has 1 aliphatic heterocycles. The largest absolute Gasteiger partial charge is 0.268 e. The average molecular weight is 342 g/mol. The van der Waals surface area contributed by atoms with Gasteiger partial charge in [-0.1, -0.05) is 18.2 Å². The molecule has 0 aromatic heterocycles. The summed E-state index contributed by atoms with van der Waals surface area (Å²) < 4.78 is 27.3. The van der Waals surface area contributed by atoms with Crippen LogP contribution in [-0.4, -0.2) is 26.3 Å². The van der Waals surface area contributed by atoms with E-state index >= 15 is 0 Å². The lowest BCUT2D eigenvalue weighted by molar-refractivity contribution is 0.0926. The third-order valence-corrected chi connectivity index (χ3v) is 5.60. The highest BCUT2D eigenvalue weighted by Gasteiger charge is 2.37. The van der Waals surface area contributed by atoms with E-state index in [0.717, 1.165) is 17.7 Å². The summed E-state index contributed by atoms with van der Waals surface area (Å²) in [5.74, 6) is -0.888. The maximum absolute atomic E-state index is 12.5. The van der Waals surface area contributed by atoms with Crippen molar-refractivity contribution < 1.29 is 18.0 Å². The molecule has 6 nitrogen and oxygen atoms in total. The summed E-state index contributed by atoms with van der Waals surface area (Å²) in [6.45, 7) is 0. The molecule has 1 aliphatic carbocycles. The van der Waals surface area contributed by atoms with Gasteiger partial charge in [0.25, 0.3) is 11.8 Å². The number of hydrogen-bond acceptors (Lipinski definition) is 4. The molecule has 0 saturated heterocycles. The zero-order valence-corrected chi connectivity index (χ0v) is 13.4. The predicted octanol–water partition coefficient (Wildman–Crippen LogP) is 1.93. The van der Waals surface area contributed by atoms with Crippen molar-refractivity contribution in [3.8, 4) is 0 Å². The fourth-order valence-electron chi connectivity index (χ4n) is 2.70. The highest BCUT2D eigenvalue weighted by Crippen LogP contribution is 2.30. The van der Waals surface area contributed by atoms with E-state index in [0.29, 0.717) is 11.1 Å². The quantitative estimate of drug-likeness (QED) is 0.861. The van der Waals surface area contributed by atoms with Gasteiger partial charge in [0.1, 0.15) is 0 Å². The first kappa shape index (κ1) is 15.0. The van der Waals surface area contributed by atoms with Crippen molar-refractivity contribution in [1.82, 2.24) is 4.72 Å². The Bertz CT molecular complexity index is 929.